The van der Waals surface area contributed by atoms with E-state index in [2.05, 4.69) is 0 Å². The predicted octanol–water partition coefficient (Wildman–Crippen LogP) is 5.05. The molecular formula is C8F16N. The lowest BCUT2D eigenvalue weighted by Gasteiger charge is -2.53. The zero-order chi connectivity index (χ0) is 20.7. The van der Waals surface area contributed by atoms with Gasteiger partial charge in [-0.3, -0.25) is 0 Å². The van der Waals surface area contributed by atoms with Crippen molar-refractivity contribution in [1.82, 2.24) is 4.90 Å². The molecule has 0 spiro atoms. The molecule has 149 valence electrons. The van der Waals surface area contributed by atoms with Gasteiger partial charge in [0, 0.05) is 0 Å². The number of hydrogen-bond donors (Lipinski definition) is 0. The molecule has 1 radical (unpaired) electrons. The average Bonchev–Trinajstić information content (AvgIpc) is 2.34. The third-order valence-corrected chi connectivity index (χ3v) is 3.00. The number of hydrogen-bond acceptors (Lipinski definition) is 1. The van der Waals surface area contributed by atoms with Crippen LogP contribution in [0.5, 0.6) is 0 Å². The zero-order valence-corrected chi connectivity index (χ0v) is 10.5. The van der Waals surface area contributed by atoms with Crippen molar-refractivity contribution in [3.8, 4) is 0 Å². The average molecular weight is 414 g/mol. The monoisotopic (exact) mass is 414 g/mol. The van der Waals surface area contributed by atoms with Crippen molar-refractivity contribution in [3.63, 3.8) is 0 Å². The maximum absolute atomic E-state index is 13.1. The molecule has 0 amide bonds. The van der Waals surface area contributed by atoms with Gasteiger partial charge in [-0.1, -0.05) is 0 Å². The molecule has 25 heavy (non-hydrogen) atoms. The van der Waals surface area contributed by atoms with Gasteiger partial charge in [-0.25, -0.2) is 0 Å². The van der Waals surface area contributed by atoms with Gasteiger partial charge in [0.1, 0.15) is 0 Å². The Morgan fingerprint density at radius 1 is 0.560 bits per heavy atom. The fourth-order valence-electron chi connectivity index (χ4n) is 1.64. The number of halogens is 16. The van der Waals surface area contributed by atoms with Crippen LogP contribution in [0.2, 0.25) is 0 Å². The molecular weight excluding hydrogens is 414 g/mol. The number of piperidine rings is 1. The molecule has 0 bridgehead atoms. The Hall–Kier alpha value is -1.16. The third-order valence-electron chi connectivity index (χ3n) is 3.00. The Kier molecular flexibility index (Phi) is 4.35. The SMILES string of the molecule is F[C](F)C(F)(F)C(F)(F)N1C(F)(F)C(F)(F)C(F)(F)C(F)(F)C1(F)F. The van der Waals surface area contributed by atoms with Crippen LogP contribution >= 0.6 is 0 Å². The van der Waals surface area contributed by atoms with E-state index in [1.54, 1.807) is 0 Å². The third kappa shape index (κ3) is 2.16. The highest BCUT2D eigenvalue weighted by atomic mass is 19.4. The standard InChI is InChI=1S/C8F16N/c9-1(10)2(11,12)6(19,20)25-7(21,22)4(15,16)3(13,14)5(17,18)8(25,23)24. The first kappa shape index (κ1) is 21.9. The van der Waals surface area contributed by atoms with Crippen molar-refractivity contribution < 1.29 is 70.2 Å². The van der Waals surface area contributed by atoms with Gasteiger partial charge in [-0.15, -0.1) is 4.90 Å². The van der Waals surface area contributed by atoms with Gasteiger partial charge in [-0.05, 0) is 0 Å². The first-order valence-electron chi connectivity index (χ1n) is 5.19. The summed E-state index contributed by atoms with van der Waals surface area (Å²) < 4.78 is 204. The lowest BCUT2D eigenvalue weighted by molar-refractivity contribution is -0.547. The van der Waals surface area contributed by atoms with E-state index >= 15 is 0 Å². The molecule has 0 aromatic heterocycles. The van der Waals surface area contributed by atoms with Gasteiger partial charge in [-0.2, -0.15) is 70.2 Å². The van der Waals surface area contributed by atoms with E-state index in [0.29, 0.717) is 0 Å². The summed E-state index contributed by atoms with van der Waals surface area (Å²) in [6.45, 7) is 0. The highest BCUT2D eigenvalue weighted by Gasteiger charge is 2.99. The summed E-state index contributed by atoms with van der Waals surface area (Å²) in [6.07, 6.45) is -4.92. The van der Waals surface area contributed by atoms with Crippen molar-refractivity contribution in [2.24, 2.45) is 0 Å². The van der Waals surface area contributed by atoms with E-state index in [1.165, 1.54) is 0 Å². The summed E-state index contributed by atoms with van der Waals surface area (Å²) in [5, 5.41) is 0. The lowest BCUT2D eigenvalue weighted by Crippen LogP contribution is -2.85. The van der Waals surface area contributed by atoms with Gasteiger partial charge < -0.3 is 0 Å². The molecule has 0 aromatic carbocycles. The van der Waals surface area contributed by atoms with Crippen LogP contribution in [0, 0.1) is 6.43 Å². The maximum Gasteiger partial charge on any atom is 0.393 e. The molecule has 1 aliphatic rings. The first-order chi connectivity index (χ1) is 10.6. The van der Waals surface area contributed by atoms with Gasteiger partial charge in [0.15, 0.2) is 0 Å². The number of nitrogens with zero attached hydrogens (tertiary/aromatic N) is 1. The maximum atomic E-state index is 13.1. The van der Waals surface area contributed by atoms with Crippen molar-refractivity contribution in [2.75, 3.05) is 0 Å². The summed E-state index contributed by atoms with van der Waals surface area (Å²) in [7, 11) is 0. The lowest BCUT2D eigenvalue weighted by atomic mass is 9.92. The highest BCUT2D eigenvalue weighted by molar-refractivity contribution is 5.17. The number of rotatable bonds is 3. The molecule has 0 aromatic rings. The Morgan fingerprint density at radius 3 is 1.08 bits per heavy atom. The summed E-state index contributed by atoms with van der Waals surface area (Å²) in [6, 6.07) is -23.5. The summed E-state index contributed by atoms with van der Waals surface area (Å²) >= 11 is 0. The fourth-order valence-corrected chi connectivity index (χ4v) is 1.64. The van der Waals surface area contributed by atoms with Crippen LogP contribution in [0.25, 0.3) is 0 Å². The van der Waals surface area contributed by atoms with Gasteiger partial charge in [0.2, 0.25) is 0 Å². The van der Waals surface area contributed by atoms with Crippen molar-refractivity contribution in [1.29, 1.82) is 0 Å². The summed E-state index contributed by atoms with van der Waals surface area (Å²) in [5.41, 5.74) is 0. The van der Waals surface area contributed by atoms with E-state index in [1.807, 2.05) is 0 Å². The molecule has 0 N–H and O–H groups in total. The van der Waals surface area contributed by atoms with Gasteiger partial charge >= 0.3 is 48.3 Å². The van der Waals surface area contributed by atoms with Crippen LogP contribution in [-0.2, 0) is 0 Å². The molecule has 1 fully saturated rings. The largest absolute Gasteiger partial charge is 0.393 e. The van der Waals surface area contributed by atoms with E-state index in [0.717, 1.165) is 0 Å². The van der Waals surface area contributed by atoms with Crippen LogP contribution in [-0.4, -0.2) is 46.7 Å². The van der Waals surface area contributed by atoms with Gasteiger partial charge in [0.05, 0.1) is 0 Å². The van der Waals surface area contributed by atoms with Gasteiger partial charge in [0.25, 0.3) is 0 Å². The first-order valence-corrected chi connectivity index (χ1v) is 5.19. The molecule has 1 heterocycles. The Morgan fingerprint density at radius 2 is 0.840 bits per heavy atom. The number of alkyl halides is 14. The molecule has 0 aliphatic carbocycles. The Labute approximate surface area is 125 Å². The molecule has 1 saturated heterocycles. The topological polar surface area (TPSA) is 3.24 Å². The highest BCUT2D eigenvalue weighted by Crippen LogP contribution is 2.67. The molecule has 17 heteroatoms. The Balaban J connectivity index is 3.86. The summed E-state index contributed by atoms with van der Waals surface area (Å²) in [5.74, 6) is -30.7. The number of likely N-dealkylation sites (tertiary alicyclic amines) is 1. The van der Waals surface area contributed by atoms with Crippen LogP contribution in [0.1, 0.15) is 0 Å². The zero-order valence-electron chi connectivity index (χ0n) is 10.5. The van der Waals surface area contributed by atoms with Crippen LogP contribution in [0.4, 0.5) is 70.2 Å². The van der Waals surface area contributed by atoms with Crippen LogP contribution in [0.3, 0.4) is 0 Å². The van der Waals surface area contributed by atoms with E-state index in [-0.39, 0.29) is 0 Å². The minimum atomic E-state index is -7.85. The fraction of sp³-hybridized carbons (Fsp3) is 0.875. The second kappa shape index (κ2) is 4.97. The normalized spacial score (nSPS) is 28.2. The Bertz CT molecular complexity index is 493. The van der Waals surface area contributed by atoms with Crippen LogP contribution < -0.4 is 0 Å². The molecule has 0 atom stereocenters. The van der Waals surface area contributed by atoms with Crippen molar-refractivity contribution in [3.05, 3.63) is 6.43 Å². The second-order valence-electron chi connectivity index (χ2n) is 4.52. The van der Waals surface area contributed by atoms with E-state index in [9.17, 15) is 70.2 Å². The van der Waals surface area contributed by atoms with Crippen LogP contribution in [0.15, 0.2) is 0 Å². The van der Waals surface area contributed by atoms with E-state index in [4.69, 9.17) is 0 Å². The molecule has 0 saturated carbocycles. The minimum Gasteiger partial charge on any atom is -0.192 e. The van der Waals surface area contributed by atoms with E-state index < -0.39 is 53.2 Å². The molecule has 1 rings (SSSR count). The molecule has 0 unspecified atom stereocenters. The van der Waals surface area contributed by atoms with Crippen molar-refractivity contribution in [2.45, 2.75) is 41.8 Å². The predicted molar refractivity (Wildman–Crippen MR) is 41.9 cm³/mol. The summed E-state index contributed by atoms with van der Waals surface area (Å²) in [4.78, 5) is -4.33. The smallest absolute Gasteiger partial charge is 0.192 e. The molecule has 1 nitrogen and oxygen atoms in total. The molecule has 1 aliphatic heterocycles. The van der Waals surface area contributed by atoms with Crippen molar-refractivity contribution >= 4 is 0 Å². The quantitative estimate of drug-likeness (QED) is 0.462. The minimum absolute atomic E-state index is 4.33. The second-order valence-corrected chi connectivity index (χ2v) is 4.52.